The molecule has 1 rings (SSSR count). The topological polar surface area (TPSA) is 41.5 Å². The number of carbonyl (C=O) groups excluding carboxylic acids is 1. The lowest BCUT2D eigenvalue weighted by Crippen LogP contribution is -2.39. The van der Waals surface area contributed by atoms with Crippen molar-refractivity contribution in [2.45, 2.75) is 80.2 Å². The maximum atomic E-state index is 12.0. The first-order valence-corrected chi connectivity index (χ1v) is 8.58. The molecule has 3 nitrogen and oxygen atoms in total. The van der Waals surface area contributed by atoms with Crippen LogP contribution in [0.4, 0.5) is 0 Å². The third kappa shape index (κ3) is 9.54. The fraction of sp³-hybridized carbons (Fsp3) is 0.684. The molecular formula is C19H36N2O. The van der Waals surface area contributed by atoms with Gasteiger partial charge in [0, 0.05) is 17.8 Å². The summed E-state index contributed by atoms with van der Waals surface area (Å²) in [5.41, 5.74) is 1.07. The maximum Gasteiger partial charge on any atom is 0.251 e. The van der Waals surface area contributed by atoms with E-state index in [4.69, 9.17) is 0 Å². The minimum Gasteiger partial charge on any atom is -0.349 e. The Labute approximate surface area is 138 Å². The monoisotopic (exact) mass is 308 g/mol. The van der Waals surface area contributed by atoms with Crippen molar-refractivity contribution >= 4 is 12.6 Å². The van der Waals surface area contributed by atoms with Gasteiger partial charge < -0.3 is 5.32 Å². The molecule has 0 aromatic rings. The van der Waals surface area contributed by atoms with Crippen molar-refractivity contribution in [3.8, 4) is 0 Å². The molecule has 128 valence electrons. The van der Waals surface area contributed by atoms with E-state index in [1.54, 1.807) is 18.4 Å². The molecule has 1 aliphatic carbocycles. The van der Waals surface area contributed by atoms with Crippen molar-refractivity contribution in [3.05, 3.63) is 23.9 Å². The van der Waals surface area contributed by atoms with Crippen molar-refractivity contribution in [3.63, 3.8) is 0 Å². The minimum atomic E-state index is -0.0119. The summed E-state index contributed by atoms with van der Waals surface area (Å²) in [6.45, 7) is 17.8. The van der Waals surface area contributed by atoms with E-state index in [0.717, 1.165) is 12.8 Å². The predicted molar refractivity (Wildman–Crippen MR) is 99.3 cm³/mol. The molecule has 3 heteroatoms. The van der Waals surface area contributed by atoms with Crippen LogP contribution in [0, 0.1) is 5.41 Å². The van der Waals surface area contributed by atoms with E-state index in [1.807, 2.05) is 34.6 Å². The molecule has 0 atom stereocenters. The van der Waals surface area contributed by atoms with E-state index in [2.05, 4.69) is 30.9 Å². The second-order valence-electron chi connectivity index (χ2n) is 5.65. The lowest BCUT2D eigenvalue weighted by Gasteiger charge is -2.34. The molecule has 0 aliphatic heterocycles. The summed E-state index contributed by atoms with van der Waals surface area (Å²) in [5.74, 6) is -0.0119. The first kappa shape index (κ1) is 22.9. The van der Waals surface area contributed by atoms with Gasteiger partial charge in [0.1, 0.15) is 0 Å². The highest BCUT2D eigenvalue weighted by atomic mass is 16.1. The quantitative estimate of drug-likeness (QED) is 0.428. The highest BCUT2D eigenvalue weighted by molar-refractivity contribution is 5.96. The van der Waals surface area contributed by atoms with Crippen LogP contribution in [-0.4, -0.2) is 18.7 Å². The van der Waals surface area contributed by atoms with Gasteiger partial charge >= 0.3 is 0 Å². The number of nitrogens with zero attached hydrogens (tertiary/aromatic N) is 1. The molecule has 0 saturated heterocycles. The average molecular weight is 309 g/mol. The first-order valence-electron chi connectivity index (χ1n) is 8.58. The van der Waals surface area contributed by atoms with Crippen molar-refractivity contribution < 1.29 is 4.79 Å². The summed E-state index contributed by atoms with van der Waals surface area (Å²) in [7, 11) is 0. The van der Waals surface area contributed by atoms with Gasteiger partial charge in [-0.25, -0.2) is 0 Å². The number of carbonyl (C=O) groups is 1. The molecule has 0 aromatic carbocycles. The molecule has 0 heterocycles. The highest BCUT2D eigenvalue weighted by Crippen LogP contribution is 2.35. The third-order valence-electron chi connectivity index (χ3n) is 3.61. The second-order valence-corrected chi connectivity index (χ2v) is 5.65. The van der Waals surface area contributed by atoms with Gasteiger partial charge in [0.2, 0.25) is 0 Å². The summed E-state index contributed by atoms with van der Waals surface area (Å²) < 4.78 is 0. The second kappa shape index (κ2) is 13.3. The summed E-state index contributed by atoms with van der Waals surface area (Å²) in [6, 6.07) is 0.311. The molecule has 1 amide bonds. The third-order valence-corrected chi connectivity index (χ3v) is 3.61. The molecule has 22 heavy (non-hydrogen) atoms. The minimum absolute atomic E-state index is 0.0119. The van der Waals surface area contributed by atoms with Crippen LogP contribution in [0.5, 0.6) is 0 Å². The van der Waals surface area contributed by atoms with E-state index < -0.39 is 0 Å². The predicted octanol–water partition coefficient (Wildman–Crippen LogP) is 5.28. The van der Waals surface area contributed by atoms with Crippen LogP contribution >= 0.6 is 0 Å². The van der Waals surface area contributed by atoms with Gasteiger partial charge in [-0.2, -0.15) is 0 Å². The average Bonchev–Trinajstić information content (AvgIpc) is 2.54. The fourth-order valence-electron chi connectivity index (χ4n) is 2.25. The van der Waals surface area contributed by atoms with Gasteiger partial charge in [0.15, 0.2) is 0 Å². The molecule has 0 unspecified atom stereocenters. The van der Waals surface area contributed by atoms with E-state index >= 15 is 0 Å². The van der Waals surface area contributed by atoms with Crippen molar-refractivity contribution in [2.75, 3.05) is 0 Å². The molecule has 0 bridgehead atoms. The van der Waals surface area contributed by atoms with Gasteiger partial charge in [-0.1, -0.05) is 47.6 Å². The molecule has 0 spiro atoms. The van der Waals surface area contributed by atoms with Crippen LogP contribution in [0.3, 0.4) is 0 Å². The van der Waals surface area contributed by atoms with Crippen molar-refractivity contribution in [1.29, 1.82) is 0 Å². The lowest BCUT2D eigenvalue weighted by molar-refractivity contribution is -0.118. The van der Waals surface area contributed by atoms with Crippen LogP contribution in [0.2, 0.25) is 0 Å². The zero-order valence-electron chi connectivity index (χ0n) is 15.7. The molecule has 1 saturated carbocycles. The zero-order valence-corrected chi connectivity index (χ0v) is 15.7. The van der Waals surface area contributed by atoms with Crippen LogP contribution in [-0.2, 0) is 4.79 Å². The Morgan fingerprint density at radius 1 is 1.18 bits per heavy atom. The largest absolute Gasteiger partial charge is 0.349 e. The highest BCUT2D eigenvalue weighted by Gasteiger charge is 2.27. The Morgan fingerprint density at radius 2 is 1.68 bits per heavy atom. The molecule has 1 aliphatic rings. The Hall–Kier alpha value is -1.38. The molecular weight excluding hydrogens is 272 g/mol. The number of hydrogen-bond acceptors (Lipinski definition) is 2. The Balaban J connectivity index is 0. The van der Waals surface area contributed by atoms with E-state index in [9.17, 15) is 4.79 Å². The number of rotatable bonds is 4. The van der Waals surface area contributed by atoms with Gasteiger partial charge in [0.05, 0.1) is 0 Å². The Bertz CT molecular complexity index is 358. The first-order chi connectivity index (χ1) is 10.5. The van der Waals surface area contributed by atoms with Crippen molar-refractivity contribution in [1.82, 2.24) is 5.32 Å². The number of nitrogens with one attached hydrogen (secondary N) is 1. The smallest absolute Gasteiger partial charge is 0.251 e. The molecule has 0 aromatic heterocycles. The van der Waals surface area contributed by atoms with Gasteiger partial charge in [-0.15, -0.1) is 0 Å². The Morgan fingerprint density at radius 3 is 2.09 bits per heavy atom. The van der Waals surface area contributed by atoms with E-state index in [0.29, 0.717) is 17.0 Å². The molecule has 1 N–H and O–H groups in total. The number of aliphatic imine (C=N–C) groups is 1. The number of amides is 1. The van der Waals surface area contributed by atoms with E-state index in [-0.39, 0.29) is 5.91 Å². The van der Waals surface area contributed by atoms with Crippen LogP contribution in [0.25, 0.3) is 0 Å². The van der Waals surface area contributed by atoms with Crippen LogP contribution in [0.15, 0.2) is 28.9 Å². The summed E-state index contributed by atoms with van der Waals surface area (Å²) in [4.78, 5) is 15.6. The normalized spacial score (nSPS) is 17.7. The maximum absolute atomic E-state index is 12.0. The number of hydrogen-bond donors (Lipinski definition) is 1. The van der Waals surface area contributed by atoms with E-state index in [1.165, 1.54) is 12.8 Å². The van der Waals surface area contributed by atoms with Gasteiger partial charge in [-0.3, -0.25) is 9.79 Å². The summed E-state index contributed by atoms with van der Waals surface area (Å²) >= 11 is 0. The molecule has 1 fully saturated rings. The summed E-state index contributed by atoms with van der Waals surface area (Å²) in [6.07, 6.45) is 9.51. The number of allylic oxidation sites excluding steroid dienone is 1. The Kier molecular flexibility index (Phi) is 13.8. The van der Waals surface area contributed by atoms with Gasteiger partial charge in [-0.05, 0) is 50.8 Å². The SMILES string of the molecule is C=N/C=C\C(=C/C)C(=O)NC1CCC(C)(C)CC1.CC.CC. The van der Waals surface area contributed by atoms with Crippen LogP contribution in [0.1, 0.15) is 74.1 Å². The lowest BCUT2D eigenvalue weighted by atomic mass is 9.75. The van der Waals surface area contributed by atoms with Crippen molar-refractivity contribution in [2.24, 2.45) is 10.4 Å². The van der Waals surface area contributed by atoms with Crippen LogP contribution < -0.4 is 5.32 Å². The standard InChI is InChI=1S/C15H24N2O.2C2H6/c1-5-12(8-11-16-4)14(18)17-13-6-9-15(2,3)10-7-13;2*1-2/h5,8,11,13H,4,6-7,9-10H2,1-3H3,(H,17,18);2*1-2H3/b11-8-,12-5+;;. The molecule has 0 radical (unpaired) electrons. The fourth-order valence-corrected chi connectivity index (χ4v) is 2.25. The van der Waals surface area contributed by atoms with Gasteiger partial charge in [0.25, 0.3) is 5.91 Å². The summed E-state index contributed by atoms with van der Waals surface area (Å²) in [5, 5.41) is 3.10. The zero-order chi connectivity index (χ0) is 17.6.